The van der Waals surface area contributed by atoms with Gasteiger partial charge in [0.15, 0.2) is 11.5 Å². The predicted molar refractivity (Wildman–Crippen MR) is 60.1 cm³/mol. The van der Waals surface area contributed by atoms with Gasteiger partial charge in [-0.1, -0.05) is 12.1 Å². The van der Waals surface area contributed by atoms with Crippen LogP contribution in [0.25, 0.3) is 0 Å². The molecule has 0 radical (unpaired) electrons. The van der Waals surface area contributed by atoms with Gasteiger partial charge in [0.05, 0.1) is 14.2 Å². The molecule has 0 atom stereocenters. The fourth-order valence-corrected chi connectivity index (χ4v) is 1.34. The lowest BCUT2D eigenvalue weighted by molar-refractivity contribution is 0.281. The highest BCUT2D eigenvalue weighted by atomic mass is 16.5. The normalized spacial score (nSPS) is 10.5. The van der Waals surface area contributed by atoms with Crippen molar-refractivity contribution in [2.24, 2.45) is 0 Å². The van der Waals surface area contributed by atoms with E-state index in [2.05, 4.69) is 5.43 Å². The van der Waals surface area contributed by atoms with Crippen molar-refractivity contribution in [3.05, 3.63) is 23.8 Å². The number of para-hydroxylation sites is 1. The number of hydrogen-bond acceptors (Lipinski definition) is 4. The van der Waals surface area contributed by atoms with Crippen molar-refractivity contribution >= 4 is 0 Å². The third-order valence-electron chi connectivity index (χ3n) is 2.07. The van der Waals surface area contributed by atoms with Crippen LogP contribution in [0.5, 0.6) is 11.5 Å². The van der Waals surface area contributed by atoms with Crippen molar-refractivity contribution in [1.29, 1.82) is 0 Å². The first kappa shape index (κ1) is 11.8. The molecule has 1 aromatic carbocycles. The lowest BCUT2D eigenvalue weighted by atomic mass is 10.2. The van der Waals surface area contributed by atoms with Crippen molar-refractivity contribution in [2.45, 2.75) is 6.54 Å². The standard InChI is InChI=1S/C11H18N2O2/c1-13(2)12-8-9-6-5-7-10(14-3)11(9)15-4/h5-7,12H,8H2,1-4H3. The van der Waals surface area contributed by atoms with Gasteiger partial charge in [-0.05, 0) is 6.07 Å². The van der Waals surface area contributed by atoms with Gasteiger partial charge in [-0.15, -0.1) is 0 Å². The Morgan fingerprint density at radius 1 is 1.20 bits per heavy atom. The van der Waals surface area contributed by atoms with E-state index in [9.17, 15) is 0 Å². The zero-order valence-corrected chi connectivity index (χ0v) is 9.70. The number of hydrogen-bond donors (Lipinski definition) is 1. The van der Waals surface area contributed by atoms with E-state index in [0.29, 0.717) is 6.54 Å². The molecule has 0 saturated carbocycles. The maximum atomic E-state index is 5.32. The molecule has 0 aromatic heterocycles. The first-order valence-corrected chi connectivity index (χ1v) is 4.79. The molecule has 1 N–H and O–H groups in total. The molecule has 0 fully saturated rings. The van der Waals surface area contributed by atoms with Crippen LogP contribution in [0.1, 0.15) is 5.56 Å². The lowest BCUT2D eigenvalue weighted by Gasteiger charge is -2.15. The van der Waals surface area contributed by atoms with Gasteiger partial charge in [-0.2, -0.15) is 0 Å². The molecule has 0 unspecified atom stereocenters. The molecule has 0 spiro atoms. The molecule has 1 aromatic rings. The van der Waals surface area contributed by atoms with Gasteiger partial charge in [0.25, 0.3) is 0 Å². The summed E-state index contributed by atoms with van der Waals surface area (Å²) in [6.07, 6.45) is 0. The molecule has 1 rings (SSSR count). The molecule has 0 amide bonds. The SMILES string of the molecule is COc1cccc(CNN(C)C)c1OC. The average Bonchev–Trinajstić information content (AvgIpc) is 2.25. The van der Waals surface area contributed by atoms with Crippen molar-refractivity contribution in [1.82, 2.24) is 10.4 Å². The molecule has 4 nitrogen and oxygen atoms in total. The van der Waals surface area contributed by atoms with E-state index in [1.54, 1.807) is 14.2 Å². The number of ether oxygens (including phenoxy) is 2. The van der Waals surface area contributed by atoms with Crippen molar-refractivity contribution in [3.63, 3.8) is 0 Å². The molecule has 0 saturated heterocycles. The van der Waals surface area contributed by atoms with Crippen LogP contribution in [-0.2, 0) is 6.54 Å². The summed E-state index contributed by atoms with van der Waals surface area (Å²) in [5.41, 5.74) is 4.26. The van der Waals surface area contributed by atoms with Gasteiger partial charge in [0, 0.05) is 26.2 Å². The van der Waals surface area contributed by atoms with Crippen molar-refractivity contribution in [3.8, 4) is 11.5 Å². The Bertz CT molecular complexity index is 313. The number of methoxy groups -OCH3 is 2. The molecule has 0 aliphatic rings. The van der Waals surface area contributed by atoms with Crippen LogP contribution < -0.4 is 14.9 Å². The van der Waals surface area contributed by atoms with E-state index in [-0.39, 0.29) is 0 Å². The van der Waals surface area contributed by atoms with E-state index in [4.69, 9.17) is 9.47 Å². The highest BCUT2D eigenvalue weighted by Gasteiger charge is 2.08. The topological polar surface area (TPSA) is 33.7 Å². The highest BCUT2D eigenvalue weighted by Crippen LogP contribution is 2.30. The molecule has 84 valence electrons. The van der Waals surface area contributed by atoms with Crippen LogP contribution in [0.15, 0.2) is 18.2 Å². The monoisotopic (exact) mass is 210 g/mol. The Hall–Kier alpha value is -1.26. The number of nitrogens with one attached hydrogen (secondary N) is 1. The van der Waals surface area contributed by atoms with Gasteiger partial charge in [-0.3, -0.25) is 10.4 Å². The second-order valence-electron chi connectivity index (χ2n) is 3.38. The van der Waals surface area contributed by atoms with Gasteiger partial charge < -0.3 is 9.47 Å². The highest BCUT2D eigenvalue weighted by molar-refractivity contribution is 5.46. The summed E-state index contributed by atoms with van der Waals surface area (Å²) in [6, 6.07) is 5.85. The third-order valence-corrected chi connectivity index (χ3v) is 2.07. The second kappa shape index (κ2) is 5.58. The maximum Gasteiger partial charge on any atom is 0.165 e. The Labute approximate surface area is 90.8 Å². The van der Waals surface area contributed by atoms with Crippen LogP contribution in [0.3, 0.4) is 0 Å². The van der Waals surface area contributed by atoms with Gasteiger partial charge in [-0.25, -0.2) is 0 Å². The van der Waals surface area contributed by atoms with E-state index in [0.717, 1.165) is 17.1 Å². The molecule has 4 heteroatoms. The second-order valence-corrected chi connectivity index (χ2v) is 3.38. The zero-order chi connectivity index (χ0) is 11.3. The minimum absolute atomic E-state index is 0.716. The van der Waals surface area contributed by atoms with Crippen LogP contribution in [0, 0.1) is 0 Å². The predicted octanol–water partition coefficient (Wildman–Crippen LogP) is 1.27. The fourth-order valence-electron chi connectivity index (χ4n) is 1.34. The molecule has 0 aliphatic heterocycles. The Kier molecular flexibility index (Phi) is 4.39. The minimum Gasteiger partial charge on any atom is -0.493 e. The van der Waals surface area contributed by atoms with E-state index >= 15 is 0 Å². The summed E-state index contributed by atoms with van der Waals surface area (Å²) in [4.78, 5) is 0. The van der Waals surface area contributed by atoms with E-state index in [1.807, 2.05) is 37.3 Å². The quantitative estimate of drug-likeness (QED) is 0.742. The first-order valence-electron chi connectivity index (χ1n) is 4.79. The van der Waals surface area contributed by atoms with E-state index < -0.39 is 0 Å². The average molecular weight is 210 g/mol. The largest absolute Gasteiger partial charge is 0.493 e. The molecule has 15 heavy (non-hydrogen) atoms. The van der Waals surface area contributed by atoms with Crippen LogP contribution in [-0.4, -0.2) is 33.3 Å². The first-order chi connectivity index (χ1) is 7.19. The summed E-state index contributed by atoms with van der Waals surface area (Å²) in [5, 5.41) is 1.90. The Balaban J connectivity index is 2.86. The number of benzene rings is 1. The zero-order valence-electron chi connectivity index (χ0n) is 9.70. The van der Waals surface area contributed by atoms with Crippen molar-refractivity contribution in [2.75, 3.05) is 28.3 Å². The Morgan fingerprint density at radius 2 is 1.93 bits per heavy atom. The summed E-state index contributed by atoms with van der Waals surface area (Å²) >= 11 is 0. The summed E-state index contributed by atoms with van der Waals surface area (Å²) in [5.74, 6) is 1.55. The van der Waals surface area contributed by atoms with Gasteiger partial charge >= 0.3 is 0 Å². The number of hydrazine groups is 1. The van der Waals surface area contributed by atoms with E-state index in [1.165, 1.54) is 0 Å². The lowest BCUT2D eigenvalue weighted by Crippen LogP contribution is -2.29. The molecular weight excluding hydrogens is 192 g/mol. The van der Waals surface area contributed by atoms with Gasteiger partial charge in [0.2, 0.25) is 0 Å². The molecule has 0 bridgehead atoms. The van der Waals surface area contributed by atoms with Crippen LogP contribution in [0.4, 0.5) is 0 Å². The van der Waals surface area contributed by atoms with Gasteiger partial charge in [0.1, 0.15) is 0 Å². The number of rotatable bonds is 5. The molecule has 0 heterocycles. The van der Waals surface area contributed by atoms with Crippen molar-refractivity contribution < 1.29 is 9.47 Å². The summed E-state index contributed by atoms with van der Waals surface area (Å²) in [6.45, 7) is 0.716. The number of nitrogens with zero attached hydrogens (tertiary/aromatic N) is 1. The maximum absolute atomic E-state index is 5.32. The molecule has 0 aliphatic carbocycles. The van der Waals surface area contributed by atoms with Crippen LogP contribution in [0.2, 0.25) is 0 Å². The minimum atomic E-state index is 0.716. The Morgan fingerprint density at radius 3 is 2.47 bits per heavy atom. The van der Waals surface area contributed by atoms with Crippen LogP contribution >= 0.6 is 0 Å². The summed E-state index contributed by atoms with van der Waals surface area (Å²) in [7, 11) is 7.19. The third kappa shape index (κ3) is 3.11. The fraction of sp³-hybridized carbons (Fsp3) is 0.455. The summed E-state index contributed by atoms with van der Waals surface area (Å²) < 4.78 is 10.5. The smallest absolute Gasteiger partial charge is 0.165 e. The molecular formula is C11H18N2O2.